The van der Waals surface area contributed by atoms with E-state index in [1.54, 1.807) is 19.2 Å². The molecule has 0 spiro atoms. The Morgan fingerprint density at radius 2 is 1.90 bits per heavy atom. The lowest BCUT2D eigenvalue weighted by Crippen LogP contribution is -2.37. The molecule has 2 saturated heterocycles. The van der Waals surface area contributed by atoms with Crippen molar-refractivity contribution in [3.8, 4) is 0 Å². The van der Waals surface area contributed by atoms with Crippen molar-refractivity contribution >= 4 is 5.91 Å². The molecule has 2 aliphatic heterocycles. The largest absolute Gasteiger partial charge is 0.340 e. The number of fused-ring (bicyclic) bond motifs is 1. The first-order valence-electron chi connectivity index (χ1n) is 7.17. The summed E-state index contributed by atoms with van der Waals surface area (Å²) in [6.07, 6.45) is 1.69. The third kappa shape index (κ3) is 2.38. The molecule has 3 heterocycles. The van der Waals surface area contributed by atoms with Crippen LogP contribution in [0, 0.1) is 18.8 Å². The van der Waals surface area contributed by atoms with Crippen molar-refractivity contribution in [2.75, 3.05) is 33.2 Å². The average Bonchev–Trinajstić information content (AvgIpc) is 2.92. The first kappa shape index (κ1) is 13.4. The van der Waals surface area contributed by atoms with Gasteiger partial charge >= 0.3 is 0 Å². The second-order valence-electron chi connectivity index (χ2n) is 6.16. The van der Waals surface area contributed by atoms with Crippen molar-refractivity contribution in [3.05, 3.63) is 34.2 Å². The van der Waals surface area contributed by atoms with Crippen molar-refractivity contribution in [1.82, 2.24) is 14.4 Å². The monoisotopic (exact) mass is 275 g/mol. The lowest BCUT2D eigenvalue weighted by Gasteiger charge is -2.20. The minimum Gasteiger partial charge on any atom is -0.340 e. The number of aromatic nitrogens is 1. The molecule has 0 aliphatic carbocycles. The van der Waals surface area contributed by atoms with Crippen LogP contribution >= 0.6 is 0 Å². The topological polar surface area (TPSA) is 45.6 Å². The van der Waals surface area contributed by atoms with Crippen LogP contribution in [0.3, 0.4) is 0 Å². The molecule has 20 heavy (non-hydrogen) atoms. The molecule has 5 nitrogen and oxygen atoms in total. The molecule has 0 bridgehead atoms. The summed E-state index contributed by atoms with van der Waals surface area (Å²) in [5.41, 5.74) is 0.611. The Kier molecular flexibility index (Phi) is 3.38. The van der Waals surface area contributed by atoms with E-state index in [4.69, 9.17) is 0 Å². The number of likely N-dealkylation sites (tertiary alicyclic amines) is 2. The zero-order valence-corrected chi connectivity index (χ0v) is 12.1. The number of hydrogen-bond acceptors (Lipinski definition) is 3. The number of rotatable bonds is 2. The molecule has 0 radical (unpaired) electrons. The Hall–Kier alpha value is -1.62. The van der Waals surface area contributed by atoms with Gasteiger partial charge in [0.1, 0.15) is 6.54 Å². The molecule has 1 aromatic rings. The van der Waals surface area contributed by atoms with Gasteiger partial charge in [-0.2, -0.15) is 0 Å². The smallest absolute Gasteiger partial charge is 0.253 e. The summed E-state index contributed by atoms with van der Waals surface area (Å²) in [6, 6.07) is 3.59. The summed E-state index contributed by atoms with van der Waals surface area (Å²) in [5.74, 6) is 1.28. The highest BCUT2D eigenvalue weighted by molar-refractivity contribution is 5.76. The van der Waals surface area contributed by atoms with E-state index in [0.29, 0.717) is 17.4 Å². The third-order valence-corrected chi connectivity index (χ3v) is 4.54. The van der Waals surface area contributed by atoms with Crippen molar-refractivity contribution in [2.45, 2.75) is 13.5 Å². The highest BCUT2D eigenvalue weighted by Crippen LogP contribution is 2.30. The lowest BCUT2D eigenvalue weighted by atomic mass is 10.0. The first-order chi connectivity index (χ1) is 9.54. The molecule has 108 valence electrons. The van der Waals surface area contributed by atoms with Gasteiger partial charge in [0.25, 0.3) is 5.56 Å². The molecule has 0 saturated carbocycles. The lowest BCUT2D eigenvalue weighted by molar-refractivity contribution is -0.131. The zero-order valence-electron chi connectivity index (χ0n) is 12.1. The molecule has 0 unspecified atom stereocenters. The molecule has 0 N–H and O–H groups in total. The molecule has 5 heteroatoms. The number of aryl methyl sites for hydroxylation is 1. The van der Waals surface area contributed by atoms with Crippen LogP contribution in [-0.2, 0) is 11.3 Å². The highest BCUT2D eigenvalue weighted by atomic mass is 16.2. The van der Waals surface area contributed by atoms with Gasteiger partial charge in [-0.3, -0.25) is 9.59 Å². The van der Waals surface area contributed by atoms with Crippen LogP contribution in [-0.4, -0.2) is 53.5 Å². The van der Waals surface area contributed by atoms with Gasteiger partial charge in [-0.05, 0) is 31.9 Å². The quantitative estimate of drug-likeness (QED) is 0.773. The van der Waals surface area contributed by atoms with E-state index in [9.17, 15) is 9.59 Å². The number of pyridine rings is 1. The number of amides is 1. The van der Waals surface area contributed by atoms with Gasteiger partial charge in [-0.15, -0.1) is 0 Å². The van der Waals surface area contributed by atoms with Gasteiger partial charge in [-0.1, -0.05) is 6.07 Å². The van der Waals surface area contributed by atoms with E-state index in [1.165, 1.54) is 4.57 Å². The summed E-state index contributed by atoms with van der Waals surface area (Å²) in [5, 5.41) is 0. The normalized spacial score (nSPS) is 26.0. The van der Waals surface area contributed by atoms with Gasteiger partial charge < -0.3 is 14.4 Å². The molecular formula is C15H21N3O2. The van der Waals surface area contributed by atoms with Gasteiger partial charge in [0.2, 0.25) is 5.91 Å². The fourth-order valence-electron chi connectivity index (χ4n) is 3.46. The summed E-state index contributed by atoms with van der Waals surface area (Å²) in [4.78, 5) is 28.6. The second kappa shape index (κ2) is 5.05. The Morgan fingerprint density at radius 1 is 1.25 bits per heavy atom. The van der Waals surface area contributed by atoms with Gasteiger partial charge in [0.15, 0.2) is 0 Å². The summed E-state index contributed by atoms with van der Waals surface area (Å²) in [7, 11) is 2.14. The van der Waals surface area contributed by atoms with Crippen LogP contribution < -0.4 is 5.56 Å². The number of carbonyl (C=O) groups is 1. The van der Waals surface area contributed by atoms with E-state index >= 15 is 0 Å². The maximum Gasteiger partial charge on any atom is 0.253 e. The molecule has 2 atom stereocenters. The minimum atomic E-state index is -0.0695. The minimum absolute atomic E-state index is 0.0646. The zero-order chi connectivity index (χ0) is 14.3. The standard InChI is InChI=1S/C15H21N3O2/c1-11-4-3-5-17(15(11)20)10-14(19)18-8-12-6-16(2)7-13(12)9-18/h3-5,12-13H,6-10H2,1-2H3/t12-,13+. The Morgan fingerprint density at radius 3 is 2.55 bits per heavy atom. The van der Waals surface area contributed by atoms with Crippen molar-refractivity contribution < 1.29 is 4.79 Å². The second-order valence-corrected chi connectivity index (χ2v) is 6.16. The fourth-order valence-corrected chi connectivity index (χ4v) is 3.46. The van der Waals surface area contributed by atoms with E-state index in [-0.39, 0.29) is 18.0 Å². The van der Waals surface area contributed by atoms with Crippen LogP contribution in [0.15, 0.2) is 23.1 Å². The SMILES string of the molecule is Cc1cccn(CC(=O)N2C[C@H]3CN(C)C[C@H]3C2)c1=O. The third-order valence-electron chi connectivity index (χ3n) is 4.54. The predicted octanol–water partition coefficient (Wildman–Crippen LogP) is 0.177. The van der Waals surface area contributed by atoms with Crippen LogP contribution in [0.25, 0.3) is 0 Å². The van der Waals surface area contributed by atoms with Crippen LogP contribution in [0.4, 0.5) is 0 Å². The fraction of sp³-hybridized carbons (Fsp3) is 0.600. The van der Waals surface area contributed by atoms with E-state index in [2.05, 4.69) is 11.9 Å². The molecule has 2 fully saturated rings. The van der Waals surface area contributed by atoms with E-state index < -0.39 is 0 Å². The number of carbonyl (C=O) groups excluding carboxylic acids is 1. The van der Waals surface area contributed by atoms with Crippen molar-refractivity contribution in [1.29, 1.82) is 0 Å². The maximum atomic E-state index is 12.3. The summed E-state index contributed by atoms with van der Waals surface area (Å²) < 4.78 is 1.51. The van der Waals surface area contributed by atoms with E-state index in [1.807, 2.05) is 11.0 Å². The Labute approximate surface area is 118 Å². The van der Waals surface area contributed by atoms with Crippen LogP contribution in [0.5, 0.6) is 0 Å². The molecule has 1 aromatic heterocycles. The maximum absolute atomic E-state index is 12.3. The molecule has 3 rings (SSSR count). The molecular weight excluding hydrogens is 254 g/mol. The summed E-state index contributed by atoms with van der Waals surface area (Å²) >= 11 is 0. The van der Waals surface area contributed by atoms with Gasteiger partial charge in [0, 0.05) is 37.9 Å². The number of nitrogens with zero attached hydrogens (tertiary/aromatic N) is 3. The highest BCUT2D eigenvalue weighted by Gasteiger charge is 2.40. The van der Waals surface area contributed by atoms with Crippen LogP contribution in [0.1, 0.15) is 5.56 Å². The Bertz CT molecular complexity index is 567. The summed E-state index contributed by atoms with van der Waals surface area (Å²) in [6.45, 7) is 5.79. The first-order valence-corrected chi connectivity index (χ1v) is 7.17. The number of hydrogen-bond donors (Lipinski definition) is 0. The Balaban J connectivity index is 1.66. The molecule has 1 amide bonds. The molecule has 2 aliphatic rings. The predicted molar refractivity (Wildman–Crippen MR) is 76.5 cm³/mol. The van der Waals surface area contributed by atoms with Gasteiger partial charge in [0.05, 0.1) is 0 Å². The van der Waals surface area contributed by atoms with Crippen molar-refractivity contribution in [3.63, 3.8) is 0 Å². The van der Waals surface area contributed by atoms with Crippen molar-refractivity contribution in [2.24, 2.45) is 11.8 Å². The van der Waals surface area contributed by atoms with E-state index in [0.717, 1.165) is 26.2 Å². The van der Waals surface area contributed by atoms with Crippen LogP contribution in [0.2, 0.25) is 0 Å². The van der Waals surface area contributed by atoms with Gasteiger partial charge in [-0.25, -0.2) is 0 Å². The average molecular weight is 275 g/mol. The molecule has 0 aromatic carbocycles.